The largest absolute Gasteiger partial charge is 0.327 e. The minimum atomic E-state index is -0.384. The summed E-state index contributed by atoms with van der Waals surface area (Å²) in [5.74, 6) is 0.118. The summed E-state index contributed by atoms with van der Waals surface area (Å²) in [6.07, 6.45) is 1.12. The molecule has 14 heavy (non-hydrogen) atoms. The van der Waals surface area contributed by atoms with Crippen molar-refractivity contribution in [2.24, 2.45) is 0 Å². The van der Waals surface area contributed by atoms with E-state index in [-0.39, 0.29) is 5.82 Å². The highest BCUT2D eigenvalue weighted by atomic mass is 79.9. The fourth-order valence-corrected chi connectivity index (χ4v) is 1.38. The highest BCUT2D eigenvalue weighted by Gasteiger charge is 2.08. The first-order chi connectivity index (χ1) is 6.66. The molecule has 0 bridgehead atoms. The summed E-state index contributed by atoms with van der Waals surface area (Å²) in [6.45, 7) is 0. The van der Waals surface area contributed by atoms with Gasteiger partial charge in [-0.15, -0.1) is 0 Å². The summed E-state index contributed by atoms with van der Waals surface area (Å²) in [5.41, 5.74) is 0.541. The average Bonchev–Trinajstić information content (AvgIpc) is 2.48. The van der Waals surface area contributed by atoms with E-state index in [0.29, 0.717) is 21.3 Å². The van der Waals surface area contributed by atoms with Gasteiger partial charge >= 0.3 is 0 Å². The van der Waals surface area contributed by atoms with Crippen molar-refractivity contribution >= 4 is 27.5 Å². The predicted octanol–water partition coefficient (Wildman–Crippen LogP) is 3.03. The molecule has 0 aliphatic heterocycles. The van der Waals surface area contributed by atoms with Crippen molar-refractivity contribution in [1.29, 1.82) is 0 Å². The van der Waals surface area contributed by atoms with Crippen LogP contribution in [0.2, 0.25) is 5.15 Å². The van der Waals surface area contributed by atoms with E-state index in [0.717, 1.165) is 6.20 Å². The summed E-state index contributed by atoms with van der Waals surface area (Å²) >= 11 is 8.90. The molecule has 0 unspecified atom stereocenters. The molecule has 0 amide bonds. The summed E-state index contributed by atoms with van der Waals surface area (Å²) in [7, 11) is 0. The number of halogens is 3. The topological polar surface area (TPSA) is 41.6 Å². The van der Waals surface area contributed by atoms with Crippen LogP contribution in [-0.2, 0) is 0 Å². The minimum absolute atomic E-state index is 0.384. The van der Waals surface area contributed by atoms with Crippen LogP contribution in [-0.4, -0.2) is 15.0 Å². The Balaban J connectivity index is 2.44. The number of nitrogens with one attached hydrogen (secondary N) is 1. The maximum atomic E-state index is 12.6. The molecule has 0 aromatic carbocycles. The van der Waals surface area contributed by atoms with Crippen LogP contribution in [0.15, 0.2) is 22.9 Å². The van der Waals surface area contributed by atoms with Crippen molar-refractivity contribution in [3.05, 3.63) is 33.9 Å². The molecule has 2 aromatic rings. The van der Waals surface area contributed by atoms with Crippen molar-refractivity contribution in [2.45, 2.75) is 0 Å². The van der Waals surface area contributed by atoms with Gasteiger partial charge in [-0.2, -0.15) is 0 Å². The first-order valence-corrected chi connectivity index (χ1v) is 4.87. The maximum absolute atomic E-state index is 12.6. The molecule has 0 radical (unpaired) electrons. The zero-order chi connectivity index (χ0) is 10.1. The standard InChI is InChI=1S/C8H4BrClFN3/c9-6-7(10)14-8(13-6)5-2-1-4(11)3-12-5/h1-3H,(H,13,14). The summed E-state index contributed by atoms with van der Waals surface area (Å²) < 4.78 is 13.1. The zero-order valence-corrected chi connectivity index (χ0v) is 9.10. The van der Waals surface area contributed by atoms with Crippen LogP contribution in [0.4, 0.5) is 4.39 Å². The van der Waals surface area contributed by atoms with Gasteiger partial charge < -0.3 is 4.98 Å². The maximum Gasteiger partial charge on any atom is 0.158 e. The molecule has 0 aliphatic carbocycles. The number of H-pyrrole nitrogens is 1. The highest BCUT2D eigenvalue weighted by molar-refractivity contribution is 9.10. The minimum Gasteiger partial charge on any atom is -0.327 e. The van der Waals surface area contributed by atoms with Gasteiger partial charge in [0.2, 0.25) is 0 Å². The lowest BCUT2D eigenvalue weighted by Gasteiger charge is -1.93. The van der Waals surface area contributed by atoms with Gasteiger partial charge in [0.1, 0.15) is 21.3 Å². The van der Waals surface area contributed by atoms with Gasteiger partial charge in [-0.05, 0) is 28.1 Å². The monoisotopic (exact) mass is 275 g/mol. The third-order valence-corrected chi connectivity index (χ3v) is 2.66. The molecule has 1 N–H and O–H groups in total. The van der Waals surface area contributed by atoms with Crippen LogP contribution in [0.3, 0.4) is 0 Å². The van der Waals surface area contributed by atoms with E-state index in [1.807, 2.05) is 0 Å². The van der Waals surface area contributed by atoms with E-state index < -0.39 is 0 Å². The second kappa shape index (κ2) is 3.67. The van der Waals surface area contributed by atoms with Gasteiger partial charge in [-0.25, -0.2) is 14.4 Å². The Hall–Kier alpha value is -0.940. The van der Waals surface area contributed by atoms with Crippen molar-refractivity contribution in [1.82, 2.24) is 15.0 Å². The highest BCUT2D eigenvalue weighted by Crippen LogP contribution is 2.23. The Labute approximate surface area is 92.5 Å². The van der Waals surface area contributed by atoms with E-state index in [4.69, 9.17) is 11.6 Å². The second-order valence-corrected chi connectivity index (χ2v) is 3.68. The second-order valence-electron chi connectivity index (χ2n) is 2.55. The molecule has 0 fully saturated rings. The van der Waals surface area contributed by atoms with Crippen molar-refractivity contribution in [2.75, 3.05) is 0 Å². The fourth-order valence-electron chi connectivity index (χ4n) is 0.968. The number of aromatic nitrogens is 3. The van der Waals surface area contributed by atoms with Crippen molar-refractivity contribution < 1.29 is 4.39 Å². The third-order valence-electron chi connectivity index (χ3n) is 1.59. The SMILES string of the molecule is Fc1ccc(-c2nc(Br)c(Cl)[nH]2)nc1. The number of pyridine rings is 1. The van der Waals surface area contributed by atoms with Crippen LogP contribution in [0.1, 0.15) is 0 Å². The Morgan fingerprint density at radius 2 is 2.21 bits per heavy atom. The normalized spacial score (nSPS) is 10.5. The molecule has 6 heteroatoms. The van der Waals surface area contributed by atoms with Gasteiger partial charge in [0, 0.05) is 0 Å². The van der Waals surface area contributed by atoms with Gasteiger partial charge in [-0.1, -0.05) is 11.6 Å². The molecule has 0 atom stereocenters. The lowest BCUT2D eigenvalue weighted by molar-refractivity contribution is 0.621. The molecule has 0 saturated carbocycles. The molecular formula is C8H4BrClFN3. The molecule has 0 spiro atoms. The van der Waals surface area contributed by atoms with Crippen LogP contribution in [0, 0.1) is 5.82 Å². The van der Waals surface area contributed by atoms with Crippen LogP contribution in [0.5, 0.6) is 0 Å². The van der Waals surface area contributed by atoms with E-state index in [1.165, 1.54) is 12.1 Å². The number of imidazole rings is 1. The van der Waals surface area contributed by atoms with Crippen molar-refractivity contribution in [3.8, 4) is 11.5 Å². The summed E-state index contributed by atoms with van der Waals surface area (Å²) in [6, 6.07) is 2.84. The van der Waals surface area contributed by atoms with Crippen LogP contribution >= 0.6 is 27.5 Å². The molecule has 2 rings (SSSR count). The summed E-state index contributed by atoms with van der Waals surface area (Å²) in [4.78, 5) is 10.7. The molecule has 2 aromatic heterocycles. The lowest BCUT2D eigenvalue weighted by Crippen LogP contribution is -1.86. The quantitative estimate of drug-likeness (QED) is 0.870. The number of aromatic amines is 1. The lowest BCUT2D eigenvalue weighted by atomic mass is 10.3. The van der Waals surface area contributed by atoms with E-state index >= 15 is 0 Å². The predicted molar refractivity (Wildman–Crippen MR) is 54.5 cm³/mol. The number of nitrogens with zero attached hydrogens (tertiary/aromatic N) is 2. The molecule has 2 heterocycles. The molecule has 72 valence electrons. The van der Waals surface area contributed by atoms with Crippen molar-refractivity contribution in [3.63, 3.8) is 0 Å². The van der Waals surface area contributed by atoms with Gasteiger partial charge in [0.15, 0.2) is 5.82 Å². The zero-order valence-electron chi connectivity index (χ0n) is 6.76. The first kappa shape index (κ1) is 9.61. The molecule has 0 aliphatic rings. The van der Waals surface area contributed by atoms with Gasteiger partial charge in [0.25, 0.3) is 0 Å². The Bertz CT molecular complexity index is 435. The fraction of sp³-hybridized carbons (Fsp3) is 0. The van der Waals surface area contributed by atoms with E-state index in [1.54, 1.807) is 0 Å². The first-order valence-electron chi connectivity index (χ1n) is 3.70. The van der Waals surface area contributed by atoms with Crippen LogP contribution < -0.4 is 0 Å². The van der Waals surface area contributed by atoms with Gasteiger partial charge in [0.05, 0.1) is 6.20 Å². The molecular weight excluding hydrogens is 272 g/mol. The van der Waals surface area contributed by atoms with Crippen LogP contribution in [0.25, 0.3) is 11.5 Å². The Morgan fingerprint density at radius 3 is 2.71 bits per heavy atom. The number of rotatable bonds is 1. The average molecular weight is 276 g/mol. The Morgan fingerprint density at radius 1 is 1.43 bits per heavy atom. The smallest absolute Gasteiger partial charge is 0.158 e. The van der Waals surface area contributed by atoms with E-state index in [9.17, 15) is 4.39 Å². The molecule has 0 saturated heterocycles. The van der Waals surface area contributed by atoms with E-state index in [2.05, 4.69) is 30.9 Å². The molecule has 3 nitrogen and oxygen atoms in total. The Kier molecular flexibility index (Phi) is 2.52. The number of hydrogen-bond acceptors (Lipinski definition) is 2. The van der Waals surface area contributed by atoms with Gasteiger partial charge in [-0.3, -0.25) is 0 Å². The summed E-state index contributed by atoms with van der Waals surface area (Å²) in [5, 5.41) is 0.395. The third kappa shape index (κ3) is 1.78. The number of hydrogen-bond donors (Lipinski definition) is 1.